The lowest BCUT2D eigenvalue weighted by Crippen LogP contribution is -2.23. The molecule has 0 unspecified atom stereocenters. The zero-order valence-electron chi connectivity index (χ0n) is 9.60. The number of rotatable bonds is 4. The Labute approximate surface area is 103 Å². The largest absolute Gasteiger partial charge is 0.346 e. The van der Waals surface area contributed by atoms with E-state index in [9.17, 15) is 4.79 Å². The quantitative estimate of drug-likeness (QED) is 0.788. The van der Waals surface area contributed by atoms with Gasteiger partial charge in [-0.15, -0.1) is 0 Å². The SMILES string of the molecule is CSc1ncc(CNC(=O)c2cn[nH]c2)n1C. The van der Waals surface area contributed by atoms with Crippen molar-refractivity contribution in [3.05, 3.63) is 29.8 Å². The molecule has 90 valence electrons. The van der Waals surface area contributed by atoms with Gasteiger partial charge in [0.05, 0.1) is 30.2 Å². The Balaban J connectivity index is 1.98. The number of thioether (sulfide) groups is 1. The summed E-state index contributed by atoms with van der Waals surface area (Å²) in [6.07, 6.45) is 6.79. The summed E-state index contributed by atoms with van der Waals surface area (Å²) in [6.45, 7) is 0.452. The van der Waals surface area contributed by atoms with Crippen LogP contribution in [0.25, 0.3) is 0 Å². The second-order valence-electron chi connectivity index (χ2n) is 3.46. The number of nitrogens with one attached hydrogen (secondary N) is 2. The molecule has 0 aromatic carbocycles. The Kier molecular flexibility index (Phi) is 3.48. The van der Waals surface area contributed by atoms with Gasteiger partial charge in [0, 0.05) is 13.2 Å². The predicted octanol–water partition coefficient (Wildman–Crippen LogP) is 0.795. The number of hydrogen-bond acceptors (Lipinski definition) is 4. The summed E-state index contributed by atoms with van der Waals surface area (Å²) in [6, 6.07) is 0. The lowest BCUT2D eigenvalue weighted by atomic mass is 10.3. The van der Waals surface area contributed by atoms with Gasteiger partial charge in [-0.2, -0.15) is 5.10 Å². The minimum atomic E-state index is -0.148. The van der Waals surface area contributed by atoms with Crippen LogP contribution in [-0.4, -0.2) is 31.9 Å². The van der Waals surface area contributed by atoms with Crippen molar-refractivity contribution in [1.29, 1.82) is 0 Å². The smallest absolute Gasteiger partial charge is 0.254 e. The molecule has 0 saturated heterocycles. The number of aromatic nitrogens is 4. The molecule has 2 rings (SSSR count). The average molecular weight is 251 g/mol. The van der Waals surface area contributed by atoms with Gasteiger partial charge >= 0.3 is 0 Å². The summed E-state index contributed by atoms with van der Waals surface area (Å²) in [7, 11) is 1.93. The van der Waals surface area contributed by atoms with Gasteiger partial charge in [-0.25, -0.2) is 4.98 Å². The molecule has 0 aliphatic carbocycles. The van der Waals surface area contributed by atoms with Crippen LogP contribution in [0.4, 0.5) is 0 Å². The Morgan fingerprint density at radius 3 is 3.00 bits per heavy atom. The molecule has 0 fully saturated rings. The molecule has 2 aromatic rings. The molecule has 6 nitrogen and oxygen atoms in total. The van der Waals surface area contributed by atoms with Crippen LogP contribution in [0.1, 0.15) is 16.1 Å². The van der Waals surface area contributed by atoms with E-state index < -0.39 is 0 Å². The fraction of sp³-hybridized carbons (Fsp3) is 0.300. The van der Waals surface area contributed by atoms with Gasteiger partial charge in [0.2, 0.25) is 0 Å². The molecule has 0 atom stereocenters. The number of amides is 1. The summed E-state index contributed by atoms with van der Waals surface area (Å²) < 4.78 is 1.96. The summed E-state index contributed by atoms with van der Waals surface area (Å²) >= 11 is 1.57. The topological polar surface area (TPSA) is 75.6 Å². The van der Waals surface area contributed by atoms with E-state index in [-0.39, 0.29) is 5.91 Å². The standard InChI is InChI=1S/C10H13N5OS/c1-15-8(6-12-10(15)17-2)5-11-9(16)7-3-13-14-4-7/h3-4,6H,5H2,1-2H3,(H,11,16)(H,13,14). The van der Waals surface area contributed by atoms with Crippen LogP contribution in [0.2, 0.25) is 0 Å². The Bertz CT molecular complexity index is 505. The molecule has 0 saturated carbocycles. The molecule has 2 N–H and O–H groups in total. The average Bonchev–Trinajstić information content (AvgIpc) is 2.96. The van der Waals surface area contributed by atoms with Gasteiger partial charge in [0.15, 0.2) is 5.16 Å². The summed E-state index contributed by atoms with van der Waals surface area (Å²) in [5.41, 5.74) is 1.49. The van der Waals surface area contributed by atoms with E-state index in [1.165, 1.54) is 6.20 Å². The molecule has 2 aromatic heterocycles. The molecule has 2 heterocycles. The van der Waals surface area contributed by atoms with Gasteiger partial charge < -0.3 is 9.88 Å². The van der Waals surface area contributed by atoms with Crippen LogP contribution in [-0.2, 0) is 13.6 Å². The number of nitrogens with zero attached hydrogens (tertiary/aromatic N) is 3. The molecule has 7 heteroatoms. The third-order valence-electron chi connectivity index (χ3n) is 2.41. The van der Waals surface area contributed by atoms with Gasteiger partial charge in [0.25, 0.3) is 5.91 Å². The fourth-order valence-corrected chi connectivity index (χ4v) is 1.98. The van der Waals surface area contributed by atoms with Crippen molar-refractivity contribution in [2.24, 2.45) is 7.05 Å². The van der Waals surface area contributed by atoms with E-state index in [1.54, 1.807) is 24.2 Å². The third-order valence-corrected chi connectivity index (χ3v) is 3.16. The first-order valence-corrected chi connectivity index (χ1v) is 6.26. The number of aromatic amines is 1. The maximum Gasteiger partial charge on any atom is 0.254 e. The molecule has 0 bridgehead atoms. The van der Waals surface area contributed by atoms with Crippen molar-refractivity contribution in [3.8, 4) is 0 Å². The Morgan fingerprint density at radius 1 is 1.59 bits per heavy atom. The molecule has 0 aliphatic heterocycles. The van der Waals surface area contributed by atoms with Crippen molar-refractivity contribution in [3.63, 3.8) is 0 Å². The van der Waals surface area contributed by atoms with Gasteiger partial charge in [-0.05, 0) is 6.26 Å². The Morgan fingerprint density at radius 2 is 2.41 bits per heavy atom. The van der Waals surface area contributed by atoms with Crippen LogP contribution in [0.5, 0.6) is 0 Å². The monoisotopic (exact) mass is 251 g/mol. The number of imidazole rings is 1. The number of carbonyl (C=O) groups excluding carboxylic acids is 1. The zero-order chi connectivity index (χ0) is 12.3. The van der Waals surface area contributed by atoms with Crippen molar-refractivity contribution in [2.45, 2.75) is 11.7 Å². The fourth-order valence-electron chi connectivity index (χ4n) is 1.43. The molecule has 1 amide bonds. The minimum absolute atomic E-state index is 0.148. The molecule has 0 spiro atoms. The van der Waals surface area contributed by atoms with Crippen molar-refractivity contribution >= 4 is 17.7 Å². The minimum Gasteiger partial charge on any atom is -0.346 e. The lowest BCUT2D eigenvalue weighted by Gasteiger charge is -2.05. The molecule has 0 aliphatic rings. The molecular formula is C10H13N5OS. The van der Waals surface area contributed by atoms with E-state index >= 15 is 0 Å². The second-order valence-corrected chi connectivity index (χ2v) is 4.24. The molecule has 0 radical (unpaired) electrons. The van der Waals surface area contributed by atoms with Gasteiger partial charge in [0.1, 0.15) is 0 Å². The number of carbonyl (C=O) groups is 1. The first-order chi connectivity index (χ1) is 8.22. The number of H-pyrrole nitrogens is 1. The van der Waals surface area contributed by atoms with E-state index in [0.29, 0.717) is 12.1 Å². The van der Waals surface area contributed by atoms with E-state index in [2.05, 4.69) is 20.5 Å². The van der Waals surface area contributed by atoms with E-state index in [1.807, 2.05) is 17.9 Å². The van der Waals surface area contributed by atoms with Crippen LogP contribution in [0.15, 0.2) is 23.7 Å². The van der Waals surface area contributed by atoms with Crippen LogP contribution < -0.4 is 5.32 Å². The number of hydrogen-bond donors (Lipinski definition) is 2. The zero-order valence-corrected chi connectivity index (χ0v) is 10.4. The van der Waals surface area contributed by atoms with Crippen LogP contribution >= 0.6 is 11.8 Å². The highest BCUT2D eigenvalue weighted by Gasteiger charge is 2.09. The molecule has 17 heavy (non-hydrogen) atoms. The maximum atomic E-state index is 11.7. The van der Waals surface area contributed by atoms with Crippen LogP contribution in [0.3, 0.4) is 0 Å². The Hall–Kier alpha value is -1.76. The van der Waals surface area contributed by atoms with Crippen molar-refractivity contribution in [2.75, 3.05) is 6.26 Å². The van der Waals surface area contributed by atoms with Crippen molar-refractivity contribution in [1.82, 2.24) is 25.1 Å². The van der Waals surface area contributed by atoms with Crippen LogP contribution in [0, 0.1) is 0 Å². The van der Waals surface area contributed by atoms with Crippen molar-refractivity contribution < 1.29 is 4.79 Å². The summed E-state index contributed by atoms with van der Waals surface area (Å²) in [5, 5.41) is 10.1. The highest BCUT2D eigenvalue weighted by Crippen LogP contribution is 2.13. The van der Waals surface area contributed by atoms with Gasteiger partial charge in [-0.1, -0.05) is 11.8 Å². The first kappa shape index (κ1) is 11.7. The second kappa shape index (κ2) is 5.05. The predicted molar refractivity (Wildman–Crippen MR) is 64.7 cm³/mol. The van der Waals surface area contributed by atoms with Gasteiger partial charge in [-0.3, -0.25) is 9.89 Å². The first-order valence-electron chi connectivity index (χ1n) is 5.04. The maximum absolute atomic E-state index is 11.7. The normalized spacial score (nSPS) is 10.5. The third kappa shape index (κ3) is 2.50. The highest BCUT2D eigenvalue weighted by molar-refractivity contribution is 7.98. The highest BCUT2D eigenvalue weighted by atomic mass is 32.2. The van der Waals surface area contributed by atoms with E-state index in [0.717, 1.165) is 10.9 Å². The summed E-state index contributed by atoms with van der Waals surface area (Å²) in [5.74, 6) is -0.148. The molecular weight excluding hydrogens is 238 g/mol. The lowest BCUT2D eigenvalue weighted by molar-refractivity contribution is 0.0950. The summed E-state index contributed by atoms with van der Waals surface area (Å²) in [4.78, 5) is 15.9. The van der Waals surface area contributed by atoms with E-state index in [4.69, 9.17) is 0 Å².